The summed E-state index contributed by atoms with van der Waals surface area (Å²) in [5, 5.41) is 9.75. The average Bonchev–Trinajstić information content (AvgIpc) is 2.42. The van der Waals surface area contributed by atoms with E-state index in [1.807, 2.05) is 0 Å². The topological polar surface area (TPSA) is 38.7 Å². The van der Waals surface area contributed by atoms with E-state index in [0.29, 0.717) is 25.0 Å². The van der Waals surface area contributed by atoms with Crippen molar-refractivity contribution in [2.45, 2.75) is 65.9 Å². The monoisotopic (exact) mass is 274 g/mol. The molecule has 19 heavy (non-hydrogen) atoms. The molecule has 116 valence electrons. The summed E-state index contributed by atoms with van der Waals surface area (Å²) in [7, 11) is 0. The molecule has 0 aromatic carbocycles. The van der Waals surface area contributed by atoms with Gasteiger partial charge in [0.1, 0.15) is 6.10 Å². The Morgan fingerprint density at radius 3 is 2.05 bits per heavy atom. The van der Waals surface area contributed by atoms with Crippen molar-refractivity contribution in [3.8, 4) is 0 Å². The summed E-state index contributed by atoms with van der Waals surface area (Å²) in [6.07, 6.45) is 5.51. The van der Waals surface area contributed by atoms with Gasteiger partial charge in [-0.25, -0.2) is 0 Å². The van der Waals surface area contributed by atoms with Crippen molar-refractivity contribution in [1.29, 1.82) is 0 Å². The van der Waals surface area contributed by atoms with Gasteiger partial charge in [-0.05, 0) is 18.3 Å². The molecular weight excluding hydrogens is 240 g/mol. The van der Waals surface area contributed by atoms with Crippen molar-refractivity contribution >= 4 is 0 Å². The fraction of sp³-hybridized carbons (Fsp3) is 1.00. The van der Waals surface area contributed by atoms with Crippen molar-refractivity contribution in [3.05, 3.63) is 0 Å². The third kappa shape index (κ3) is 11.4. The quantitative estimate of drug-likeness (QED) is 0.557. The molecule has 3 heteroatoms. The van der Waals surface area contributed by atoms with Gasteiger partial charge in [0.05, 0.1) is 13.2 Å². The van der Waals surface area contributed by atoms with Gasteiger partial charge in [0.25, 0.3) is 0 Å². The van der Waals surface area contributed by atoms with E-state index in [0.717, 1.165) is 26.1 Å². The number of hydrogen-bond acceptors (Lipinski definition) is 3. The van der Waals surface area contributed by atoms with E-state index in [2.05, 4.69) is 27.7 Å². The summed E-state index contributed by atoms with van der Waals surface area (Å²) >= 11 is 0. The minimum Gasteiger partial charge on any atom is -0.388 e. The van der Waals surface area contributed by atoms with Gasteiger partial charge in [-0.2, -0.15) is 0 Å². The van der Waals surface area contributed by atoms with Gasteiger partial charge in [0.2, 0.25) is 0 Å². The molecule has 0 aromatic rings. The van der Waals surface area contributed by atoms with Crippen LogP contribution in [-0.4, -0.2) is 37.6 Å². The molecule has 0 saturated carbocycles. The maximum atomic E-state index is 9.75. The third-order valence-electron chi connectivity index (χ3n) is 3.62. The highest BCUT2D eigenvalue weighted by Crippen LogP contribution is 2.12. The number of ether oxygens (including phenoxy) is 2. The first-order valence-corrected chi connectivity index (χ1v) is 7.97. The Morgan fingerprint density at radius 2 is 1.53 bits per heavy atom. The maximum absolute atomic E-state index is 9.75. The largest absolute Gasteiger partial charge is 0.388 e. The van der Waals surface area contributed by atoms with Gasteiger partial charge in [0.15, 0.2) is 0 Å². The Morgan fingerprint density at radius 1 is 0.895 bits per heavy atom. The van der Waals surface area contributed by atoms with E-state index in [1.54, 1.807) is 0 Å². The molecule has 3 unspecified atom stereocenters. The minimum atomic E-state index is -0.493. The molecule has 0 spiro atoms. The molecule has 0 fully saturated rings. The molecule has 3 nitrogen and oxygen atoms in total. The molecular formula is C16H34O3. The second-order valence-corrected chi connectivity index (χ2v) is 5.66. The van der Waals surface area contributed by atoms with E-state index in [4.69, 9.17) is 9.47 Å². The van der Waals surface area contributed by atoms with E-state index in [-0.39, 0.29) is 0 Å². The summed E-state index contributed by atoms with van der Waals surface area (Å²) < 4.78 is 11.1. The van der Waals surface area contributed by atoms with Crippen LogP contribution in [0.15, 0.2) is 0 Å². The molecule has 0 heterocycles. The molecule has 0 saturated heterocycles. The zero-order chi connectivity index (χ0) is 14.5. The molecule has 0 aliphatic rings. The summed E-state index contributed by atoms with van der Waals surface area (Å²) in [5.74, 6) is 1.19. The molecule has 0 aliphatic heterocycles. The van der Waals surface area contributed by atoms with Gasteiger partial charge in [-0.3, -0.25) is 0 Å². The number of rotatable bonds is 13. The molecule has 1 N–H and O–H groups in total. The number of unbranched alkanes of at least 4 members (excludes halogenated alkanes) is 1. The standard InChI is InChI=1S/C16H34O3/c1-5-8-9-15(7-3)11-19-13-16(17)12-18-10-14(4)6-2/h14-17H,5-13H2,1-4H3. The van der Waals surface area contributed by atoms with E-state index >= 15 is 0 Å². The molecule has 0 bridgehead atoms. The van der Waals surface area contributed by atoms with Crippen LogP contribution in [0.4, 0.5) is 0 Å². The van der Waals surface area contributed by atoms with Gasteiger partial charge < -0.3 is 14.6 Å². The van der Waals surface area contributed by atoms with Crippen LogP contribution in [0.2, 0.25) is 0 Å². The van der Waals surface area contributed by atoms with Crippen LogP contribution in [0.3, 0.4) is 0 Å². The molecule has 0 amide bonds. The van der Waals surface area contributed by atoms with Gasteiger partial charge in [0, 0.05) is 13.2 Å². The summed E-state index contributed by atoms with van der Waals surface area (Å²) in [5.41, 5.74) is 0. The Labute approximate surface area is 119 Å². The first-order chi connectivity index (χ1) is 9.13. The van der Waals surface area contributed by atoms with Crippen molar-refractivity contribution in [2.24, 2.45) is 11.8 Å². The zero-order valence-corrected chi connectivity index (χ0v) is 13.4. The summed E-state index contributed by atoms with van der Waals surface area (Å²) in [6, 6.07) is 0. The van der Waals surface area contributed by atoms with E-state index in [1.165, 1.54) is 19.3 Å². The third-order valence-corrected chi connectivity index (χ3v) is 3.62. The average molecular weight is 274 g/mol. The highest BCUT2D eigenvalue weighted by atomic mass is 16.5. The highest BCUT2D eigenvalue weighted by Gasteiger charge is 2.09. The molecule has 0 radical (unpaired) electrons. The lowest BCUT2D eigenvalue weighted by atomic mass is 10.0. The number of aliphatic hydroxyl groups is 1. The van der Waals surface area contributed by atoms with Crippen LogP contribution in [0.25, 0.3) is 0 Å². The van der Waals surface area contributed by atoms with Crippen molar-refractivity contribution < 1.29 is 14.6 Å². The lowest BCUT2D eigenvalue weighted by molar-refractivity contribution is -0.0325. The first kappa shape index (κ1) is 18.9. The maximum Gasteiger partial charge on any atom is 0.101 e. The van der Waals surface area contributed by atoms with Crippen LogP contribution >= 0.6 is 0 Å². The second-order valence-electron chi connectivity index (χ2n) is 5.66. The predicted molar refractivity (Wildman–Crippen MR) is 80.4 cm³/mol. The summed E-state index contributed by atoms with van der Waals surface area (Å²) in [4.78, 5) is 0. The molecule has 0 rings (SSSR count). The van der Waals surface area contributed by atoms with E-state index < -0.39 is 6.10 Å². The smallest absolute Gasteiger partial charge is 0.101 e. The second kappa shape index (κ2) is 12.9. The van der Waals surface area contributed by atoms with Gasteiger partial charge in [-0.15, -0.1) is 0 Å². The van der Waals surface area contributed by atoms with Crippen molar-refractivity contribution in [2.75, 3.05) is 26.4 Å². The van der Waals surface area contributed by atoms with Crippen LogP contribution in [0.5, 0.6) is 0 Å². The molecule has 3 atom stereocenters. The van der Waals surface area contributed by atoms with Crippen LogP contribution in [-0.2, 0) is 9.47 Å². The minimum absolute atomic E-state index is 0.385. The zero-order valence-electron chi connectivity index (χ0n) is 13.4. The van der Waals surface area contributed by atoms with Crippen LogP contribution < -0.4 is 0 Å². The van der Waals surface area contributed by atoms with Crippen molar-refractivity contribution in [1.82, 2.24) is 0 Å². The molecule has 0 aromatic heterocycles. The highest BCUT2D eigenvalue weighted by molar-refractivity contribution is 4.58. The number of aliphatic hydroxyl groups excluding tert-OH is 1. The Kier molecular flexibility index (Phi) is 12.8. The van der Waals surface area contributed by atoms with Gasteiger partial charge in [-0.1, -0.05) is 53.4 Å². The lowest BCUT2D eigenvalue weighted by Gasteiger charge is -2.17. The van der Waals surface area contributed by atoms with Crippen LogP contribution in [0, 0.1) is 11.8 Å². The predicted octanol–water partition coefficient (Wildman–Crippen LogP) is 3.64. The Bertz CT molecular complexity index is 185. The Balaban J connectivity index is 3.52. The normalized spacial score (nSPS) is 16.3. The van der Waals surface area contributed by atoms with Gasteiger partial charge >= 0.3 is 0 Å². The fourth-order valence-electron chi connectivity index (χ4n) is 1.84. The lowest BCUT2D eigenvalue weighted by Crippen LogP contribution is -2.24. The molecule has 0 aliphatic carbocycles. The van der Waals surface area contributed by atoms with Crippen LogP contribution in [0.1, 0.15) is 59.8 Å². The fourth-order valence-corrected chi connectivity index (χ4v) is 1.84. The summed E-state index contributed by atoms with van der Waals surface area (Å²) in [6.45, 7) is 11.0. The van der Waals surface area contributed by atoms with E-state index in [9.17, 15) is 5.11 Å². The Hall–Kier alpha value is -0.120. The SMILES string of the molecule is CCCCC(CC)COCC(O)COCC(C)CC. The number of hydrogen-bond donors (Lipinski definition) is 1. The first-order valence-electron chi connectivity index (χ1n) is 7.97. The van der Waals surface area contributed by atoms with Crippen molar-refractivity contribution in [3.63, 3.8) is 0 Å².